The van der Waals surface area contributed by atoms with Crippen LogP contribution >= 0.6 is 23.2 Å². The van der Waals surface area contributed by atoms with Crippen LogP contribution in [0.5, 0.6) is 0 Å². The summed E-state index contributed by atoms with van der Waals surface area (Å²) in [6.07, 6.45) is 4.11. The SMILES string of the molecule is N#CC1(S(=O)(=O)c2cc(Cl)ccc2Cl)CCCCCC1. The van der Waals surface area contributed by atoms with E-state index in [4.69, 9.17) is 23.2 Å². The highest BCUT2D eigenvalue weighted by Gasteiger charge is 2.46. The normalized spacial score (nSPS) is 19.1. The van der Waals surface area contributed by atoms with E-state index in [0.717, 1.165) is 25.7 Å². The average molecular weight is 332 g/mol. The lowest BCUT2D eigenvalue weighted by Crippen LogP contribution is -2.37. The van der Waals surface area contributed by atoms with Crippen molar-refractivity contribution in [2.45, 2.75) is 48.2 Å². The summed E-state index contributed by atoms with van der Waals surface area (Å²) in [5, 5.41) is 9.94. The summed E-state index contributed by atoms with van der Waals surface area (Å²) in [6, 6.07) is 6.38. The van der Waals surface area contributed by atoms with Crippen molar-refractivity contribution in [3.63, 3.8) is 0 Å². The van der Waals surface area contributed by atoms with Crippen molar-refractivity contribution in [1.82, 2.24) is 0 Å². The van der Waals surface area contributed by atoms with Crippen molar-refractivity contribution in [2.24, 2.45) is 0 Å². The second kappa shape index (κ2) is 5.93. The summed E-state index contributed by atoms with van der Waals surface area (Å²) in [4.78, 5) is -0.0323. The van der Waals surface area contributed by atoms with Gasteiger partial charge < -0.3 is 0 Å². The molecule has 0 atom stereocenters. The fourth-order valence-corrected chi connectivity index (χ4v) is 5.27. The molecule has 6 heteroatoms. The molecule has 2 rings (SSSR count). The Morgan fingerprint density at radius 2 is 1.70 bits per heavy atom. The average Bonchev–Trinajstić information content (AvgIpc) is 2.68. The summed E-state index contributed by atoms with van der Waals surface area (Å²) in [5.74, 6) is 0. The smallest absolute Gasteiger partial charge is 0.198 e. The van der Waals surface area contributed by atoms with Crippen LogP contribution in [0.3, 0.4) is 0 Å². The molecule has 0 amide bonds. The number of halogens is 2. The van der Waals surface area contributed by atoms with Crippen LogP contribution in [0.1, 0.15) is 38.5 Å². The predicted molar refractivity (Wildman–Crippen MR) is 79.7 cm³/mol. The fraction of sp³-hybridized carbons (Fsp3) is 0.500. The third-order valence-electron chi connectivity index (χ3n) is 3.81. The Balaban J connectivity index is 2.57. The zero-order valence-electron chi connectivity index (χ0n) is 10.9. The van der Waals surface area contributed by atoms with Crippen LogP contribution in [0.2, 0.25) is 10.0 Å². The first-order valence-corrected chi connectivity index (χ1v) is 8.78. The maximum Gasteiger partial charge on any atom is 0.198 e. The third-order valence-corrected chi connectivity index (χ3v) is 6.93. The number of nitrogens with zero attached hydrogens (tertiary/aromatic N) is 1. The van der Waals surface area contributed by atoms with E-state index in [1.54, 1.807) is 0 Å². The Hall–Kier alpha value is -0.760. The number of benzene rings is 1. The van der Waals surface area contributed by atoms with E-state index in [0.29, 0.717) is 17.9 Å². The lowest BCUT2D eigenvalue weighted by Gasteiger charge is -2.25. The van der Waals surface area contributed by atoms with Crippen LogP contribution < -0.4 is 0 Å². The molecule has 0 spiro atoms. The largest absolute Gasteiger partial charge is 0.222 e. The molecule has 20 heavy (non-hydrogen) atoms. The Kier molecular flexibility index (Phi) is 4.63. The van der Waals surface area contributed by atoms with Gasteiger partial charge in [-0.05, 0) is 31.0 Å². The van der Waals surface area contributed by atoms with Gasteiger partial charge in [0, 0.05) is 5.02 Å². The molecule has 0 saturated heterocycles. The highest BCUT2D eigenvalue weighted by Crippen LogP contribution is 2.40. The molecule has 1 aliphatic rings. The highest BCUT2D eigenvalue weighted by atomic mass is 35.5. The predicted octanol–water partition coefficient (Wildman–Crippen LogP) is 4.38. The molecule has 0 aliphatic heterocycles. The lowest BCUT2D eigenvalue weighted by atomic mass is 10.0. The first-order chi connectivity index (χ1) is 9.43. The minimum atomic E-state index is -3.83. The van der Waals surface area contributed by atoms with Gasteiger partial charge in [-0.15, -0.1) is 0 Å². The molecule has 0 radical (unpaired) electrons. The second-order valence-electron chi connectivity index (χ2n) is 5.10. The van der Waals surface area contributed by atoms with E-state index in [2.05, 4.69) is 6.07 Å². The third kappa shape index (κ3) is 2.67. The minimum Gasteiger partial charge on any atom is -0.222 e. The molecule has 0 N–H and O–H groups in total. The van der Waals surface area contributed by atoms with Crippen molar-refractivity contribution < 1.29 is 8.42 Å². The molecule has 3 nitrogen and oxygen atoms in total. The Morgan fingerprint density at radius 1 is 1.10 bits per heavy atom. The Labute approximate surface area is 129 Å². The number of hydrogen-bond donors (Lipinski definition) is 0. The molecule has 0 heterocycles. The van der Waals surface area contributed by atoms with Gasteiger partial charge in [0.2, 0.25) is 0 Å². The van der Waals surface area contributed by atoms with Crippen molar-refractivity contribution in [2.75, 3.05) is 0 Å². The van der Waals surface area contributed by atoms with Crippen molar-refractivity contribution in [1.29, 1.82) is 5.26 Å². The van der Waals surface area contributed by atoms with E-state index in [9.17, 15) is 13.7 Å². The maximum atomic E-state index is 12.9. The Bertz CT molecular complexity index is 642. The van der Waals surface area contributed by atoms with Gasteiger partial charge in [0.1, 0.15) is 0 Å². The molecule has 0 aromatic heterocycles. The van der Waals surface area contributed by atoms with E-state index >= 15 is 0 Å². The van der Waals surface area contributed by atoms with Crippen molar-refractivity contribution in [3.05, 3.63) is 28.2 Å². The van der Waals surface area contributed by atoms with Gasteiger partial charge in [-0.3, -0.25) is 0 Å². The molecule has 1 aromatic carbocycles. The molecule has 1 aliphatic carbocycles. The molecular formula is C14H15Cl2NO2S. The fourth-order valence-electron chi connectivity index (χ4n) is 2.63. The van der Waals surface area contributed by atoms with E-state index in [1.165, 1.54) is 18.2 Å². The highest BCUT2D eigenvalue weighted by molar-refractivity contribution is 7.93. The number of nitriles is 1. The summed E-state index contributed by atoms with van der Waals surface area (Å²) in [6.45, 7) is 0. The zero-order valence-corrected chi connectivity index (χ0v) is 13.2. The zero-order chi connectivity index (χ0) is 14.8. The summed E-state index contributed by atoms with van der Waals surface area (Å²) >= 11 is 11.9. The van der Waals surface area contributed by atoms with Crippen LogP contribution in [-0.4, -0.2) is 13.2 Å². The number of sulfone groups is 1. The number of hydrogen-bond acceptors (Lipinski definition) is 3. The van der Waals surface area contributed by atoms with Crippen LogP contribution in [0.15, 0.2) is 23.1 Å². The van der Waals surface area contributed by atoms with Crippen LogP contribution in [0.25, 0.3) is 0 Å². The van der Waals surface area contributed by atoms with Gasteiger partial charge in [-0.25, -0.2) is 8.42 Å². The summed E-state index contributed by atoms with van der Waals surface area (Å²) < 4.78 is 24.4. The van der Waals surface area contributed by atoms with E-state index in [1.807, 2.05) is 0 Å². The van der Waals surface area contributed by atoms with Gasteiger partial charge in [0.05, 0.1) is 16.0 Å². The molecular weight excluding hydrogens is 317 g/mol. The molecule has 0 unspecified atom stereocenters. The first kappa shape index (κ1) is 15.6. The molecule has 108 valence electrons. The maximum absolute atomic E-state index is 12.9. The minimum absolute atomic E-state index is 0.0323. The van der Waals surface area contributed by atoms with Gasteiger partial charge in [0.15, 0.2) is 14.6 Å². The first-order valence-electron chi connectivity index (χ1n) is 6.54. The molecule has 0 bridgehead atoms. The molecule has 1 aromatic rings. The van der Waals surface area contributed by atoms with Crippen molar-refractivity contribution in [3.8, 4) is 6.07 Å². The second-order valence-corrected chi connectivity index (χ2v) is 8.17. The molecule has 1 fully saturated rings. The monoisotopic (exact) mass is 331 g/mol. The van der Waals surface area contributed by atoms with Crippen LogP contribution in [0.4, 0.5) is 0 Å². The van der Waals surface area contributed by atoms with Gasteiger partial charge >= 0.3 is 0 Å². The Morgan fingerprint density at radius 3 is 2.25 bits per heavy atom. The van der Waals surface area contributed by atoms with Crippen LogP contribution in [-0.2, 0) is 9.84 Å². The van der Waals surface area contributed by atoms with E-state index in [-0.39, 0.29) is 9.92 Å². The van der Waals surface area contributed by atoms with Gasteiger partial charge in [0.25, 0.3) is 0 Å². The summed E-state index contributed by atoms with van der Waals surface area (Å²) in [7, 11) is -3.83. The summed E-state index contributed by atoms with van der Waals surface area (Å²) in [5.41, 5.74) is 0. The topological polar surface area (TPSA) is 57.9 Å². The standard InChI is InChI=1S/C14H15Cl2NO2S/c15-11-5-6-12(16)13(9-11)20(18,19)14(10-17)7-3-1-2-4-8-14/h5-6,9H,1-4,7-8H2. The van der Waals surface area contributed by atoms with Crippen LogP contribution in [0, 0.1) is 11.3 Å². The van der Waals surface area contributed by atoms with E-state index < -0.39 is 14.6 Å². The number of rotatable bonds is 2. The lowest BCUT2D eigenvalue weighted by molar-refractivity contribution is 0.523. The molecule has 1 saturated carbocycles. The van der Waals surface area contributed by atoms with Gasteiger partial charge in [-0.1, -0.05) is 48.9 Å². The quantitative estimate of drug-likeness (QED) is 0.755. The van der Waals surface area contributed by atoms with Gasteiger partial charge in [-0.2, -0.15) is 5.26 Å². The van der Waals surface area contributed by atoms with Crippen molar-refractivity contribution >= 4 is 33.0 Å².